The molecule has 0 aromatic heterocycles. The third-order valence-electron chi connectivity index (χ3n) is 3.80. The van der Waals surface area contributed by atoms with E-state index in [-0.39, 0.29) is 12.5 Å². The summed E-state index contributed by atoms with van der Waals surface area (Å²) in [5, 5.41) is 12.7. The Hall–Kier alpha value is -1.10. The standard InChI is InChI=1S/C15H21ClN2O2/c1-11-8-13(16)2-3-14(11)17-15(20)9-18-6-4-12(10-19)5-7-18/h2-3,8,12,19H,4-7,9-10H2,1H3,(H,17,20). The monoisotopic (exact) mass is 296 g/mol. The molecule has 1 aromatic carbocycles. The van der Waals surface area contributed by atoms with Crippen molar-refractivity contribution in [1.82, 2.24) is 4.90 Å². The molecule has 1 aliphatic heterocycles. The Bertz CT molecular complexity index is 471. The summed E-state index contributed by atoms with van der Waals surface area (Å²) < 4.78 is 0. The van der Waals surface area contributed by atoms with E-state index < -0.39 is 0 Å². The highest BCUT2D eigenvalue weighted by molar-refractivity contribution is 6.30. The van der Waals surface area contributed by atoms with Gasteiger partial charge in [-0.3, -0.25) is 9.69 Å². The zero-order chi connectivity index (χ0) is 14.5. The Morgan fingerprint density at radius 1 is 1.45 bits per heavy atom. The van der Waals surface area contributed by atoms with Gasteiger partial charge in [-0.2, -0.15) is 0 Å². The molecular formula is C15H21ClN2O2. The number of amides is 1. The molecule has 1 heterocycles. The molecule has 1 amide bonds. The number of nitrogens with one attached hydrogen (secondary N) is 1. The Balaban J connectivity index is 1.84. The third kappa shape index (κ3) is 4.20. The lowest BCUT2D eigenvalue weighted by Gasteiger charge is -2.30. The van der Waals surface area contributed by atoms with Crippen molar-refractivity contribution in [2.75, 3.05) is 31.6 Å². The topological polar surface area (TPSA) is 52.6 Å². The van der Waals surface area contributed by atoms with Gasteiger partial charge in [0.2, 0.25) is 5.91 Å². The van der Waals surface area contributed by atoms with Gasteiger partial charge in [-0.05, 0) is 62.5 Å². The van der Waals surface area contributed by atoms with E-state index in [9.17, 15) is 4.79 Å². The van der Waals surface area contributed by atoms with Crippen LogP contribution in [0.15, 0.2) is 18.2 Å². The predicted octanol–water partition coefficient (Wildman–Crippen LogP) is 2.29. The summed E-state index contributed by atoms with van der Waals surface area (Å²) in [6.45, 7) is 4.33. The van der Waals surface area contributed by atoms with Gasteiger partial charge in [0.25, 0.3) is 0 Å². The Morgan fingerprint density at radius 3 is 2.75 bits per heavy atom. The molecular weight excluding hydrogens is 276 g/mol. The molecule has 0 atom stereocenters. The van der Waals surface area contributed by atoms with Crippen molar-refractivity contribution in [3.8, 4) is 0 Å². The van der Waals surface area contributed by atoms with Crippen LogP contribution in [0.1, 0.15) is 18.4 Å². The number of anilines is 1. The summed E-state index contributed by atoms with van der Waals surface area (Å²) in [7, 11) is 0. The largest absolute Gasteiger partial charge is 0.396 e. The van der Waals surface area contributed by atoms with Crippen LogP contribution in [0.2, 0.25) is 5.02 Å². The molecule has 0 spiro atoms. The van der Waals surface area contributed by atoms with Crippen molar-refractivity contribution >= 4 is 23.2 Å². The number of aliphatic hydroxyl groups is 1. The number of nitrogens with zero attached hydrogens (tertiary/aromatic N) is 1. The lowest BCUT2D eigenvalue weighted by atomic mass is 9.98. The molecule has 0 saturated carbocycles. The van der Waals surface area contributed by atoms with Crippen molar-refractivity contribution in [1.29, 1.82) is 0 Å². The van der Waals surface area contributed by atoms with Crippen molar-refractivity contribution < 1.29 is 9.90 Å². The van der Waals surface area contributed by atoms with Gasteiger partial charge in [0.1, 0.15) is 0 Å². The molecule has 2 N–H and O–H groups in total. The maximum Gasteiger partial charge on any atom is 0.238 e. The van der Waals surface area contributed by atoms with Crippen molar-refractivity contribution in [2.45, 2.75) is 19.8 Å². The quantitative estimate of drug-likeness (QED) is 0.896. The summed E-state index contributed by atoms with van der Waals surface area (Å²) >= 11 is 5.90. The fourth-order valence-electron chi connectivity index (χ4n) is 2.49. The normalized spacial score (nSPS) is 17.1. The molecule has 0 aliphatic carbocycles. The molecule has 0 bridgehead atoms. The molecule has 2 rings (SSSR count). The van der Waals surface area contributed by atoms with E-state index >= 15 is 0 Å². The van der Waals surface area contributed by atoms with E-state index in [1.54, 1.807) is 6.07 Å². The van der Waals surface area contributed by atoms with Gasteiger partial charge in [-0.25, -0.2) is 0 Å². The molecule has 1 aliphatic rings. The van der Waals surface area contributed by atoms with Gasteiger partial charge in [-0.15, -0.1) is 0 Å². The molecule has 1 aromatic rings. The highest BCUT2D eigenvalue weighted by Crippen LogP contribution is 2.20. The number of piperidine rings is 1. The summed E-state index contributed by atoms with van der Waals surface area (Å²) in [6.07, 6.45) is 1.92. The predicted molar refractivity (Wildman–Crippen MR) is 81.1 cm³/mol. The van der Waals surface area contributed by atoms with Gasteiger partial charge >= 0.3 is 0 Å². The van der Waals surface area contributed by atoms with Crippen LogP contribution in [0.25, 0.3) is 0 Å². The Kier molecular flexibility index (Phi) is 5.40. The van der Waals surface area contributed by atoms with Gasteiger partial charge < -0.3 is 10.4 Å². The van der Waals surface area contributed by atoms with Crippen LogP contribution in [0, 0.1) is 12.8 Å². The number of hydrogen-bond acceptors (Lipinski definition) is 3. The number of rotatable bonds is 4. The van der Waals surface area contributed by atoms with Crippen LogP contribution in [0.3, 0.4) is 0 Å². The van der Waals surface area contributed by atoms with E-state index in [0.29, 0.717) is 17.5 Å². The number of hydrogen-bond donors (Lipinski definition) is 2. The number of aliphatic hydroxyl groups excluding tert-OH is 1. The Morgan fingerprint density at radius 2 is 2.15 bits per heavy atom. The molecule has 0 radical (unpaired) electrons. The lowest BCUT2D eigenvalue weighted by Crippen LogP contribution is -2.39. The number of benzene rings is 1. The second kappa shape index (κ2) is 7.07. The molecule has 4 nitrogen and oxygen atoms in total. The van der Waals surface area contributed by atoms with Crippen LogP contribution >= 0.6 is 11.6 Å². The van der Waals surface area contributed by atoms with Crippen LogP contribution in [-0.2, 0) is 4.79 Å². The smallest absolute Gasteiger partial charge is 0.238 e. The van der Waals surface area contributed by atoms with E-state index in [1.807, 2.05) is 19.1 Å². The summed E-state index contributed by atoms with van der Waals surface area (Å²) in [4.78, 5) is 14.2. The van der Waals surface area contributed by atoms with Crippen LogP contribution < -0.4 is 5.32 Å². The van der Waals surface area contributed by atoms with Crippen LogP contribution in [0.5, 0.6) is 0 Å². The number of carbonyl (C=O) groups excluding carboxylic acids is 1. The summed E-state index contributed by atoms with van der Waals surface area (Å²) in [5.74, 6) is 0.394. The minimum atomic E-state index is -0.00197. The number of likely N-dealkylation sites (tertiary alicyclic amines) is 1. The SMILES string of the molecule is Cc1cc(Cl)ccc1NC(=O)CN1CCC(CO)CC1. The maximum absolute atomic E-state index is 12.0. The van der Waals surface area contributed by atoms with Crippen LogP contribution in [0.4, 0.5) is 5.69 Å². The second-order valence-electron chi connectivity index (χ2n) is 5.41. The fourth-order valence-corrected chi connectivity index (χ4v) is 2.71. The first-order valence-electron chi connectivity index (χ1n) is 6.97. The van der Waals surface area contributed by atoms with Crippen molar-refractivity contribution in [3.05, 3.63) is 28.8 Å². The third-order valence-corrected chi connectivity index (χ3v) is 4.03. The van der Waals surface area contributed by atoms with Gasteiger partial charge in [-0.1, -0.05) is 11.6 Å². The highest BCUT2D eigenvalue weighted by atomic mass is 35.5. The average molecular weight is 297 g/mol. The fraction of sp³-hybridized carbons (Fsp3) is 0.533. The Labute approximate surface area is 124 Å². The molecule has 1 saturated heterocycles. The minimum absolute atomic E-state index is 0.00197. The first-order valence-corrected chi connectivity index (χ1v) is 7.35. The lowest BCUT2D eigenvalue weighted by molar-refractivity contribution is -0.117. The van der Waals surface area contributed by atoms with Gasteiger partial charge in [0.15, 0.2) is 0 Å². The summed E-state index contributed by atoms with van der Waals surface area (Å²) in [6, 6.07) is 5.44. The van der Waals surface area contributed by atoms with Crippen molar-refractivity contribution in [3.63, 3.8) is 0 Å². The number of aryl methyl sites for hydroxylation is 1. The highest BCUT2D eigenvalue weighted by Gasteiger charge is 2.20. The maximum atomic E-state index is 12.0. The van der Waals surface area contributed by atoms with E-state index in [1.165, 1.54) is 0 Å². The van der Waals surface area contributed by atoms with E-state index in [2.05, 4.69) is 10.2 Å². The second-order valence-corrected chi connectivity index (χ2v) is 5.85. The minimum Gasteiger partial charge on any atom is -0.396 e. The van der Waals surface area contributed by atoms with E-state index in [0.717, 1.165) is 37.2 Å². The zero-order valence-corrected chi connectivity index (χ0v) is 12.5. The molecule has 1 fully saturated rings. The first kappa shape index (κ1) is 15.3. The van der Waals surface area contributed by atoms with Crippen LogP contribution in [-0.4, -0.2) is 42.2 Å². The van der Waals surface area contributed by atoms with Crippen molar-refractivity contribution in [2.24, 2.45) is 5.92 Å². The summed E-state index contributed by atoms with van der Waals surface area (Å²) in [5.41, 5.74) is 1.77. The van der Waals surface area contributed by atoms with Gasteiger partial charge in [0, 0.05) is 17.3 Å². The van der Waals surface area contributed by atoms with Gasteiger partial charge in [0.05, 0.1) is 6.54 Å². The number of carbonyl (C=O) groups is 1. The first-order chi connectivity index (χ1) is 9.58. The molecule has 0 unspecified atom stereocenters. The zero-order valence-electron chi connectivity index (χ0n) is 11.7. The average Bonchev–Trinajstić information content (AvgIpc) is 2.43. The number of halogens is 1. The molecule has 5 heteroatoms. The molecule has 110 valence electrons. The van der Waals surface area contributed by atoms with E-state index in [4.69, 9.17) is 16.7 Å². The molecule has 20 heavy (non-hydrogen) atoms.